The van der Waals surface area contributed by atoms with Crippen molar-refractivity contribution in [1.29, 1.82) is 0 Å². The lowest BCUT2D eigenvalue weighted by Crippen LogP contribution is -2.21. The van der Waals surface area contributed by atoms with Crippen LogP contribution in [0.1, 0.15) is 52.4 Å². The summed E-state index contributed by atoms with van der Waals surface area (Å²) in [6, 6.07) is 5.36. The lowest BCUT2D eigenvalue weighted by atomic mass is 10.1. The van der Waals surface area contributed by atoms with E-state index in [1.165, 1.54) is 0 Å². The summed E-state index contributed by atoms with van der Waals surface area (Å²) in [7, 11) is 0. The maximum Gasteiger partial charge on any atom is 0.297 e. The van der Waals surface area contributed by atoms with E-state index in [9.17, 15) is 9.90 Å². The van der Waals surface area contributed by atoms with Crippen molar-refractivity contribution < 1.29 is 9.84 Å². The van der Waals surface area contributed by atoms with Gasteiger partial charge in [0.1, 0.15) is 0 Å². The zero-order chi connectivity index (χ0) is 17.5. The molecule has 3 N–H and O–H groups in total. The Hall–Kier alpha value is -2.17. The van der Waals surface area contributed by atoms with Crippen molar-refractivity contribution in [2.45, 2.75) is 58.9 Å². The fourth-order valence-electron chi connectivity index (χ4n) is 2.81. The Morgan fingerprint density at radius 1 is 1.12 bits per heavy atom. The molecule has 0 saturated heterocycles. The largest absolute Gasteiger partial charge is 0.500 e. The first-order valence-electron chi connectivity index (χ1n) is 8.87. The molecule has 0 amide bonds. The first-order valence-corrected chi connectivity index (χ1v) is 8.87. The summed E-state index contributed by atoms with van der Waals surface area (Å²) >= 11 is 0. The number of nitrogens with two attached hydrogens (primary N) is 1. The summed E-state index contributed by atoms with van der Waals surface area (Å²) in [6.45, 7) is 5.26. The lowest BCUT2D eigenvalue weighted by Gasteiger charge is -2.16. The van der Waals surface area contributed by atoms with Crippen molar-refractivity contribution in [2.24, 2.45) is 0 Å². The van der Waals surface area contributed by atoms with E-state index in [-0.39, 0.29) is 11.5 Å². The minimum atomic E-state index is -0.406. The van der Waals surface area contributed by atoms with Crippen LogP contribution in [-0.4, -0.2) is 16.3 Å². The van der Waals surface area contributed by atoms with Gasteiger partial charge in [0.15, 0.2) is 5.75 Å². The summed E-state index contributed by atoms with van der Waals surface area (Å²) in [5.74, 6) is -0.0351. The second-order valence-corrected chi connectivity index (χ2v) is 6.17. The van der Waals surface area contributed by atoms with E-state index >= 15 is 0 Å². The van der Waals surface area contributed by atoms with E-state index < -0.39 is 5.56 Å². The number of nitrogen functional groups attached to an aromatic ring is 1. The average Bonchev–Trinajstić information content (AvgIpc) is 2.57. The Labute approximate surface area is 143 Å². The van der Waals surface area contributed by atoms with Crippen LogP contribution in [0.2, 0.25) is 0 Å². The highest BCUT2D eigenvalue weighted by molar-refractivity contribution is 5.89. The maximum absolute atomic E-state index is 12.6. The number of hydrogen-bond acceptors (Lipinski definition) is 4. The number of aromatic nitrogens is 1. The molecular weight excluding hydrogens is 304 g/mol. The SMILES string of the molecule is CCCCCCn1c(=O)c(O)c(OCCCC)c2ccc(N)cc21. The lowest BCUT2D eigenvalue weighted by molar-refractivity contribution is 0.293. The summed E-state index contributed by atoms with van der Waals surface area (Å²) in [6.07, 6.45) is 6.09. The van der Waals surface area contributed by atoms with Crippen molar-refractivity contribution in [3.8, 4) is 11.5 Å². The second-order valence-electron chi connectivity index (χ2n) is 6.17. The molecule has 132 valence electrons. The van der Waals surface area contributed by atoms with Crippen LogP contribution in [0.15, 0.2) is 23.0 Å². The molecule has 0 unspecified atom stereocenters. The van der Waals surface area contributed by atoms with Crippen LogP contribution in [-0.2, 0) is 6.54 Å². The third-order valence-electron chi connectivity index (χ3n) is 4.20. The van der Waals surface area contributed by atoms with Gasteiger partial charge in [-0.15, -0.1) is 0 Å². The highest BCUT2D eigenvalue weighted by atomic mass is 16.5. The predicted octanol–water partition coefficient (Wildman–Crippen LogP) is 4.05. The zero-order valence-corrected chi connectivity index (χ0v) is 14.7. The van der Waals surface area contributed by atoms with Crippen LogP contribution in [0.25, 0.3) is 10.9 Å². The van der Waals surface area contributed by atoms with Crippen LogP contribution in [0.5, 0.6) is 11.5 Å². The number of unbranched alkanes of at least 4 members (excludes halogenated alkanes) is 4. The van der Waals surface area contributed by atoms with Gasteiger partial charge in [-0.3, -0.25) is 4.79 Å². The average molecular weight is 332 g/mol. The van der Waals surface area contributed by atoms with Crippen molar-refractivity contribution in [3.63, 3.8) is 0 Å². The number of pyridine rings is 1. The molecule has 0 bridgehead atoms. The molecule has 0 spiro atoms. The molecule has 5 nitrogen and oxygen atoms in total. The van der Waals surface area contributed by atoms with Gasteiger partial charge in [-0.1, -0.05) is 39.5 Å². The molecule has 2 rings (SSSR count). The predicted molar refractivity (Wildman–Crippen MR) is 98.8 cm³/mol. The van der Waals surface area contributed by atoms with E-state index in [0.29, 0.717) is 18.8 Å². The van der Waals surface area contributed by atoms with Crippen molar-refractivity contribution in [2.75, 3.05) is 12.3 Å². The number of benzene rings is 1. The first kappa shape index (κ1) is 18.2. The molecule has 0 fully saturated rings. The van der Waals surface area contributed by atoms with Gasteiger partial charge in [0.2, 0.25) is 5.75 Å². The molecular formula is C19H28N2O3. The highest BCUT2D eigenvalue weighted by Crippen LogP contribution is 2.33. The van der Waals surface area contributed by atoms with Crippen molar-refractivity contribution in [1.82, 2.24) is 4.57 Å². The molecule has 0 aliphatic heterocycles. The number of anilines is 1. The number of nitrogens with zero attached hydrogens (tertiary/aromatic N) is 1. The van der Waals surface area contributed by atoms with Crippen LogP contribution in [0.4, 0.5) is 5.69 Å². The zero-order valence-electron chi connectivity index (χ0n) is 14.7. The summed E-state index contributed by atoms with van der Waals surface area (Å²) in [5.41, 5.74) is 6.82. The topological polar surface area (TPSA) is 77.5 Å². The Bertz CT molecular complexity index is 737. The van der Waals surface area contributed by atoms with Gasteiger partial charge in [-0.25, -0.2) is 0 Å². The third-order valence-corrected chi connectivity index (χ3v) is 4.20. The smallest absolute Gasteiger partial charge is 0.297 e. The van der Waals surface area contributed by atoms with Crippen molar-refractivity contribution >= 4 is 16.6 Å². The number of hydrogen-bond donors (Lipinski definition) is 2. The Kier molecular flexibility index (Phi) is 6.53. The third kappa shape index (κ3) is 4.02. The molecule has 1 aromatic heterocycles. The number of rotatable bonds is 9. The summed E-state index contributed by atoms with van der Waals surface area (Å²) in [5, 5.41) is 11.1. The minimum Gasteiger partial charge on any atom is -0.500 e. The van der Waals surface area contributed by atoms with E-state index in [0.717, 1.165) is 49.4 Å². The molecule has 0 aliphatic rings. The monoisotopic (exact) mass is 332 g/mol. The molecule has 0 atom stereocenters. The molecule has 24 heavy (non-hydrogen) atoms. The molecule has 2 aromatic rings. The number of fused-ring (bicyclic) bond motifs is 1. The minimum absolute atomic E-state index is 0.272. The maximum atomic E-state index is 12.6. The molecule has 1 heterocycles. The van der Waals surface area contributed by atoms with E-state index in [4.69, 9.17) is 10.5 Å². The molecule has 5 heteroatoms. The van der Waals surface area contributed by atoms with E-state index in [2.05, 4.69) is 13.8 Å². The Balaban J connectivity index is 2.46. The van der Waals surface area contributed by atoms with Crippen LogP contribution < -0.4 is 16.0 Å². The number of ether oxygens (including phenoxy) is 1. The van der Waals surface area contributed by atoms with Crippen LogP contribution >= 0.6 is 0 Å². The Morgan fingerprint density at radius 2 is 1.88 bits per heavy atom. The quantitative estimate of drug-likeness (QED) is 0.536. The van der Waals surface area contributed by atoms with Gasteiger partial charge in [0.05, 0.1) is 12.1 Å². The van der Waals surface area contributed by atoms with Crippen molar-refractivity contribution in [3.05, 3.63) is 28.6 Å². The van der Waals surface area contributed by atoms with Gasteiger partial charge in [-0.2, -0.15) is 0 Å². The molecule has 0 radical (unpaired) electrons. The van der Waals surface area contributed by atoms with E-state index in [1.54, 1.807) is 16.7 Å². The molecule has 1 aromatic carbocycles. The van der Waals surface area contributed by atoms with Gasteiger partial charge in [0.25, 0.3) is 5.56 Å². The van der Waals surface area contributed by atoms with Gasteiger partial charge in [0, 0.05) is 17.6 Å². The number of aromatic hydroxyl groups is 1. The standard InChI is InChI=1S/C19H28N2O3/c1-3-5-7-8-11-21-16-13-14(20)9-10-15(16)18(17(22)19(21)23)24-12-6-4-2/h9-10,13,22H,3-8,11-12,20H2,1-2H3. The summed E-state index contributed by atoms with van der Waals surface area (Å²) < 4.78 is 7.32. The van der Waals surface area contributed by atoms with E-state index in [1.807, 2.05) is 6.07 Å². The first-order chi connectivity index (χ1) is 11.6. The van der Waals surface area contributed by atoms with Gasteiger partial charge in [-0.05, 0) is 31.0 Å². The Morgan fingerprint density at radius 3 is 2.58 bits per heavy atom. The normalized spacial score (nSPS) is 11.1. The fraction of sp³-hybridized carbons (Fsp3) is 0.526. The molecule has 0 aliphatic carbocycles. The number of aryl methyl sites for hydroxylation is 1. The van der Waals surface area contributed by atoms with Crippen LogP contribution in [0.3, 0.4) is 0 Å². The van der Waals surface area contributed by atoms with Gasteiger partial charge < -0.3 is 20.1 Å². The van der Waals surface area contributed by atoms with Gasteiger partial charge >= 0.3 is 0 Å². The fourth-order valence-corrected chi connectivity index (χ4v) is 2.81. The second kappa shape index (κ2) is 8.62. The summed E-state index contributed by atoms with van der Waals surface area (Å²) in [4.78, 5) is 12.6. The molecule has 0 saturated carbocycles. The van der Waals surface area contributed by atoms with Crippen LogP contribution in [0, 0.1) is 0 Å². The highest BCUT2D eigenvalue weighted by Gasteiger charge is 2.17.